The minimum absolute atomic E-state index is 0.0572. The highest BCUT2D eigenvalue weighted by molar-refractivity contribution is 5.61. The van der Waals surface area contributed by atoms with Crippen molar-refractivity contribution in [3.05, 3.63) is 76.6 Å². The van der Waals surface area contributed by atoms with Gasteiger partial charge in [-0.3, -0.25) is 0 Å². The molecule has 134 valence electrons. The van der Waals surface area contributed by atoms with Crippen LogP contribution in [0, 0.1) is 0 Å². The van der Waals surface area contributed by atoms with Gasteiger partial charge in [0.2, 0.25) is 0 Å². The van der Waals surface area contributed by atoms with Gasteiger partial charge in [-0.05, 0) is 48.6 Å². The molecule has 5 heteroatoms. The zero-order valence-electron chi connectivity index (χ0n) is 13.8. The first kappa shape index (κ1) is 19.2. The predicted octanol–water partition coefficient (Wildman–Crippen LogP) is 6.90. The zero-order chi connectivity index (χ0) is 18.4. The van der Waals surface area contributed by atoms with Gasteiger partial charge in [0, 0.05) is 12.0 Å². The molecular formula is C20H19F5. The number of allylic oxidation sites excluding steroid dienone is 1. The molecule has 2 aromatic carbocycles. The summed E-state index contributed by atoms with van der Waals surface area (Å²) in [5.74, 6) is -1.61. The fraction of sp³-hybridized carbons (Fsp3) is 0.300. The summed E-state index contributed by atoms with van der Waals surface area (Å²) in [6.07, 6.45) is -2.72. The van der Waals surface area contributed by atoms with Gasteiger partial charge in [0.1, 0.15) is 5.83 Å². The van der Waals surface area contributed by atoms with Gasteiger partial charge in [-0.1, -0.05) is 37.3 Å². The van der Waals surface area contributed by atoms with Gasteiger partial charge in [0.25, 0.3) is 0 Å². The summed E-state index contributed by atoms with van der Waals surface area (Å²) >= 11 is 0. The van der Waals surface area contributed by atoms with Crippen LogP contribution in [0.5, 0.6) is 0 Å². The van der Waals surface area contributed by atoms with Gasteiger partial charge >= 0.3 is 6.18 Å². The fourth-order valence-electron chi connectivity index (χ4n) is 2.50. The highest BCUT2D eigenvalue weighted by Crippen LogP contribution is 2.29. The number of aryl methyl sites for hydroxylation is 2. The molecule has 0 saturated carbocycles. The number of benzene rings is 2. The van der Waals surface area contributed by atoms with Crippen molar-refractivity contribution in [2.45, 2.75) is 38.8 Å². The van der Waals surface area contributed by atoms with E-state index in [-0.39, 0.29) is 12.0 Å². The monoisotopic (exact) mass is 354 g/mol. The van der Waals surface area contributed by atoms with Crippen molar-refractivity contribution in [2.75, 3.05) is 0 Å². The highest BCUT2D eigenvalue weighted by Gasteiger charge is 2.29. The predicted molar refractivity (Wildman–Crippen MR) is 89.3 cm³/mol. The van der Waals surface area contributed by atoms with Gasteiger partial charge in [-0.2, -0.15) is 13.2 Å². The quantitative estimate of drug-likeness (QED) is 0.495. The van der Waals surface area contributed by atoms with Crippen molar-refractivity contribution in [1.82, 2.24) is 0 Å². The topological polar surface area (TPSA) is 0 Å². The van der Waals surface area contributed by atoms with Crippen molar-refractivity contribution in [3.8, 4) is 0 Å². The highest BCUT2D eigenvalue weighted by atomic mass is 19.4. The van der Waals surface area contributed by atoms with E-state index in [1.807, 2.05) is 0 Å². The number of rotatable bonds is 6. The van der Waals surface area contributed by atoms with E-state index < -0.39 is 23.4 Å². The second kappa shape index (κ2) is 8.28. The van der Waals surface area contributed by atoms with Crippen LogP contribution in [-0.4, -0.2) is 0 Å². The van der Waals surface area contributed by atoms with Crippen LogP contribution >= 0.6 is 0 Å². The standard InChI is InChI=1S/C20H19F5/c1-2-4-18(21)19(22)16-6-3-5-15(13-16)8-7-14-9-11-17(12-10-14)20(23,24)25/h3,5-6,9-13H,2,4,7-8H2,1H3/b19-18+. The van der Waals surface area contributed by atoms with Gasteiger partial charge in [-0.15, -0.1) is 0 Å². The average molecular weight is 354 g/mol. The molecule has 0 atom stereocenters. The third kappa shape index (κ3) is 5.41. The summed E-state index contributed by atoms with van der Waals surface area (Å²) in [6, 6.07) is 11.5. The molecule has 0 saturated heterocycles. The normalized spacial score (nSPS) is 12.9. The summed E-state index contributed by atoms with van der Waals surface area (Å²) in [6.45, 7) is 1.77. The van der Waals surface area contributed by atoms with Crippen LogP contribution in [0.2, 0.25) is 0 Å². The van der Waals surface area contributed by atoms with Crippen LogP contribution in [0.3, 0.4) is 0 Å². The third-order valence-corrected chi connectivity index (χ3v) is 3.87. The van der Waals surface area contributed by atoms with Crippen LogP contribution in [0.25, 0.3) is 5.83 Å². The zero-order valence-corrected chi connectivity index (χ0v) is 13.8. The SMILES string of the molecule is CCC/C(F)=C(\F)c1cccc(CCc2ccc(C(F)(F)F)cc2)c1. The molecule has 0 nitrogen and oxygen atoms in total. The Morgan fingerprint density at radius 1 is 0.880 bits per heavy atom. The molecule has 0 aromatic heterocycles. The second-order valence-corrected chi connectivity index (χ2v) is 5.86. The van der Waals surface area contributed by atoms with Gasteiger partial charge in [0.05, 0.1) is 5.56 Å². The minimum atomic E-state index is -4.35. The van der Waals surface area contributed by atoms with E-state index >= 15 is 0 Å². The fourth-order valence-corrected chi connectivity index (χ4v) is 2.50. The van der Waals surface area contributed by atoms with E-state index in [0.29, 0.717) is 19.3 Å². The van der Waals surface area contributed by atoms with E-state index in [2.05, 4.69) is 0 Å². The van der Waals surface area contributed by atoms with Crippen LogP contribution in [0.1, 0.15) is 42.0 Å². The molecule has 2 aromatic rings. The molecule has 0 aliphatic heterocycles. The first-order valence-electron chi connectivity index (χ1n) is 8.11. The summed E-state index contributed by atoms with van der Waals surface area (Å²) in [5, 5.41) is 0. The van der Waals surface area contributed by atoms with Crippen molar-refractivity contribution >= 4 is 5.83 Å². The maximum absolute atomic E-state index is 14.0. The van der Waals surface area contributed by atoms with E-state index in [1.54, 1.807) is 25.1 Å². The molecule has 0 radical (unpaired) electrons. The number of alkyl halides is 3. The maximum atomic E-state index is 14.0. The Labute approximate surface area is 144 Å². The van der Waals surface area contributed by atoms with E-state index in [1.165, 1.54) is 18.2 Å². The Balaban J connectivity index is 2.07. The van der Waals surface area contributed by atoms with Gasteiger partial charge in [0.15, 0.2) is 5.83 Å². The molecule has 0 aliphatic carbocycles. The molecular weight excluding hydrogens is 335 g/mol. The lowest BCUT2D eigenvalue weighted by atomic mass is 10.0. The molecule has 2 rings (SSSR count). The molecule has 0 fully saturated rings. The molecule has 0 N–H and O–H groups in total. The Bertz CT molecular complexity index is 726. The molecule has 0 amide bonds. The van der Waals surface area contributed by atoms with Gasteiger partial charge < -0.3 is 0 Å². The van der Waals surface area contributed by atoms with E-state index in [0.717, 1.165) is 23.3 Å². The molecule has 0 heterocycles. The smallest absolute Gasteiger partial charge is 0.209 e. The van der Waals surface area contributed by atoms with E-state index in [4.69, 9.17) is 0 Å². The summed E-state index contributed by atoms with van der Waals surface area (Å²) in [4.78, 5) is 0. The second-order valence-electron chi connectivity index (χ2n) is 5.86. The Kier molecular flexibility index (Phi) is 6.34. The molecule has 0 bridgehead atoms. The minimum Gasteiger partial charge on any atom is -0.209 e. The van der Waals surface area contributed by atoms with Crippen molar-refractivity contribution in [1.29, 1.82) is 0 Å². The molecule has 0 aliphatic rings. The van der Waals surface area contributed by atoms with Crippen LogP contribution in [0.15, 0.2) is 54.4 Å². The largest absolute Gasteiger partial charge is 0.416 e. The van der Waals surface area contributed by atoms with Crippen molar-refractivity contribution in [3.63, 3.8) is 0 Å². The molecule has 0 unspecified atom stereocenters. The lowest BCUT2D eigenvalue weighted by molar-refractivity contribution is -0.137. The van der Waals surface area contributed by atoms with Crippen LogP contribution < -0.4 is 0 Å². The Hall–Kier alpha value is -2.17. The average Bonchev–Trinajstić information content (AvgIpc) is 2.59. The number of hydrogen-bond donors (Lipinski definition) is 0. The van der Waals surface area contributed by atoms with E-state index in [9.17, 15) is 22.0 Å². The summed E-state index contributed by atoms with van der Waals surface area (Å²) in [7, 11) is 0. The lowest BCUT2D eigenvalue weighted by Crippen LogP contribution is -2.04. The first-order chi connectivity index (χ1) is 11.8. The molecule has 0 spiro atoms. The number of hydrogen-bond acceptors (Lipinski definition) is 0. The van der Waals surface area contributed by atoms with Gasteiger partial charge in [-0.25, -0.2) is 8.78 Å². The summed E-state index contributed by atoms with van der Waals surface area (Å²) < 4.78 is 65.2. The first-order valence-corrected chi connectivity index (χ1v) is 8.11. The number of halogens is 5. The molecule has 25 heavy (non-hydrogen) atoms. The van der Waals surface area contributed by atoms with Crippen molar-refractivity contribution in [2.24, 2.45) is 0 Å². The van der Waals surface area contributed by atoms with Crippen LogP contribution in [-0.2, 0) is 19.0 Å². The maximum Gasteiger partial charge on any atom is 0.416 e. The lowest BCUT2D eigenvalue weighted by Gasteiger charge is -2.08. The third-order valence-electron chi connectivity index (χ3n) is 3.87. The Morgan fingerprint density at radius 3 is 2.12 bits per heavy atom. The van der Waals surface area contributed by atoms with Crippen LogP contribution in [0.4, 0.5) is 22.0 Å². The van der Waals surface area contributed by atoms with Crippen molar-refractivity contribution < 1.29 is 22.0 Å². The summed E-state index contributed by atoms with van der Waals surface area (Å²) in [5.41, 5.74) is 1.07. The Morgan fingerprint density at radius 2 is 1.52 bits per heavy atom.